The van der Waals surface area contributed by atoms with E-state index >= 15 is 0 Å². The van der Waals surface area contributed by atoms with Gasteiger partial charge in [-0.1, -0.05) is 54.6 Å². The Morgan fingerprint density at radius 1 is 0.913 bits per heavy atom. The molecule has 3 aromatic carbocycles. The van der Waals surface area contributed by atoms with Crippen LogP contribution in [-0.4, -0.2) is 10.9 Å². The highest BCUT2D eigenvalue weighted by molar-refractivity contribution is 7.22. The van der Waals surface area contributed by atoms with Gasteiger partial charge in [-0.05, 0) is 13.0 Å². The average Bonchev–Trinajstić information content (AvgIpc) is 3.05. The molecule has 4 rings (SSSR count). The summed E-state index contributed by atoms with van der Waals surface area (Å²) >= 11 is 1.49. The fourth-order valence-electron chi connectivity index (χ4n) is 2.93. The Kier molecular flexibility index (Phi) is 3.17. The SMILES string of the molecule is Cc1c(O)c2ccccc2c2sc(C(=O)c3ccccc3)cc12. The second-order valence-corrected chi connectivity index (χ2v) is 6.62. The molecule has 0 saturated carbocycles. The molecule has 0 radical (unpaired) electrons. The average molecular weight is 318 g/mol. The monoisotopic (exact) mass is 318 g/mol. The zero-order valence-corrected chi connectivity index (χ0v) is 13.4. The molecule has 0 saturated heterocycles. The van der Waals surface area contributed by atoms with E-state index in [2.05, 4.69) is 0 Å². The van der Waals surface area contributed by atoms with Crippen molar-refractivity contribution < 1.29 is 9.90 Å². The Labute approximate surface area is 137 Å². The van der Waals surface area contributed by atoms with E-state index in [-0.39, 0.29) is 5.78 Å². The van der Waals surface area contributed by atoms with E-state index in [1.54, 1.807) is 0 Å². The van der Waals surface area contributed by atoms with Crippen LogP contribution in [0.15, 0.2) is 60.7 Å². The molecule has 0 bridgehead atoms. The fraction of sp³-hybridized carbons (Fsp3) is 0.0500. The van der Waals surface area contributed by atoms with Gasteiger partial charge in [0.2, 0.25) is 5.78 Å². The van der Waals surface area contributed by atoms with Crippen molar-refractivity contribution in [2.24, 2.45) is 0 Å². The smallest absolute Gasteiger partial charge is 0.202 e. The molecule has 2 nitrogen and oxygen atoms in total. The predicted octanol–water partition coefficient (Wildman–Crippen LogP) is 5.30. The zero-order chi connectivity index (χ0) is 16.0. The summed E-state index contributed by atoms with van der Waals surface area (Å²) in [7, 11) is 0. The van der Waals surface area contributed by atoms with Crippen LogP contribution in [0.4, 0.5) is 0 Å². The molecule has 0 amide bonds. The van der Waals surface area contributed by atoms with Gasteiger partial charge in [-0.2, -0.15) is 0 Å². The molecule has 0 aliphatic heterocycles. The van der Waals surface area contributed by atoms with E-state index in [0.29, 0.717) is 16.2 Å². The first-order chi connectivity index (χ1) is 11.2. The van der Waals surface area contributed by atoms with Crippen molar-refractivity contribution in [1.82, 2.24) is 0 Å². The quantitative estimate of drug-likeness (QED) is 0.509. The number of rotatable bonds is 2. The normalized spacial score (nSPS) is 11.2. The summed E-state index contributed by atoms with van der Waals surface area (Å²) in [5, 5.41) is 13.2. The zero-order valence-electron chi connectivity index (χ0n) is 12.5. The highest BCUT2D eigenvalue weighted by Gasteiger charge is 2.17. The number of benzene rings is 3. The molecular formula is C20H14O2S. The topological polar surface area (TPSA) is 37.3 Å². The molecule has 1 heterocycles. The van der Waals surface area contributed by atoms with E-state index in [1.807, 2.05) is 67.6 Å². The van der Waals surface area contributed by atoms with Crippen LogP contribution >= 0.6 is 11.3 Å². The molecule has 3 heteroatoms. The van der Waals surface area contributed by atoms with Gasteiger partial charge in [0.05, 0.1) is 4.88 Å². The molecule has 0 aliphatic rings. The largest absolute Gasteiger partial charge is 0.507 e. The van der Waals surface area contributed by atoms with Crippen molar-refractivity contribution in [1.29, 1.82) is 0 Å². The van der Waals surface area contributed by atoms with Crippen LogP contribution in [0, 0.1) is 6.92 Å². The third kappa shape index (κ3) is 2.13. The van der Waals surface area contributed by atoms with Gasteiger partial charge in [0.15, 0.2) is 0 Å². The van der Waals surface area contributed by atoms with Gasteiger partial charge in [-0.3, -0.25) is 4.79 Å². The molecule has 0 unspecified atom stereocenters. The first-order valence-electron chi connectivity index (χ1n) is 7.40. The van der Waals surface area contributed by atoms with Gasteiger partial charge in [-0.15, -0.1) is 11.3 Å². The lowest BCUT2D eigenvalue weighted by Crippen LogP contribution is -1.97. The van der Waals surface area contributed by atoms with Crippen molar-refractivity contribution in [3.05, 3.63) is 76.7 Å². The Morgan fingerprint density at radius 2 is 1.57 bits per heavy atom. The van der Waals surface area contributed by atoms with Gasteiger partial charge in [-0.25, -0.2) is 0 Å². The van der Waals surface area contributed by atoms with Crippen molar-refractivity contribution in [2.75, 3.05) is 0 Å². The number of ketones is 1. The first-order valence-corrected chi connectivity index (χ1v) is 8.22. The van der Waals surface area contributed by atoms with Crippen molar-refractivity contribution >= 4 is 38.0 Å². The molecule has 23 heavy (non-hydrogen) atoms. The van der Waals surface area contributed by atoms with Crippen molar-refractivity contribution in [3.8, 4) is 5.75 Å². The summed E-state index contributed by atoms with van der Waals surface area (Å²) in [6.45, 7) is 1.90. The predicted molar refractivity (Wildman–Crippen MR) is 95.6 cm³/mol. The second-order valence-electron chi connectivity index (χ2n) is 5.57. The molecule has 1 aromatic heterocycles. The second kappa shape index (κ2) is 5.21. The van der Waals surface area contributed by atoms with E-state index in [0.717, 1.165) is 26.4 Å². The van der Waals surface area contributed by atoms with Gasteiger partial charge in [0.25, 0.3) is 0 Å². The maximum atomic E-state index is 12.7. The number of carbonyl (C=O) groups is 1. The number of carbonyl (C=O) groups excluding carboxylic acids is 1. The van der Waals surface area contributed by atoms with Crippen molar-refractivity contribution in [2.45, 2.75) is 6.92 Å². The van der Waals surface area contributed by atoms with Crippen LogP contribution in [0.3, 0.4) is 0 Å². The maximum absolute atomic E-state index is 12.7. The molecule has 4 aromatic rings. The Morgan fingerprint density at radius 3 is 2.30 bits per heavy atom. The van der Waals surface area contributed by atoms with Gasteiger partial charge >= 0.3 is 0 Å². The van der Waals surface area contributed by atoms with E-state index in [4.69, 9.17) is 0 Å². The summed E-state index contributed by atoms with van der Waals surface area (Å²) in [6, 6.07) is 19.0. The van der Waals surface area contributed by atoms with Gasteiger partial charge < -0.3 is 5.11 Å². The number of thiophene rings is 1. The van der Waals surface area contributed by atoms with E-state index in [1.165, 1.54) is 11.3 Å². The van der Waals surface area contributed by atoms with Gasteiger partial charge in [0, 0.05) is 32.0 Å². The summed E-state index contributed by atoms with van der Waals surface area (Å²) in [4.78, 5) is 13.4. The van der Waals surface area contributed by atoms with Gasteiger partial charge in [0.1, 0.15) is 5.75 Å². The molecule has 1 N–H and O–H groups in total. The minimum absolute atomic E-state index is 0.0229. The number of fused-ring (bicyclic) bond motifs is 3. The highest BCUT2D eigenvalue weighted by Crippen LogP contribution is 2.41. The van der Waals surface area contributed by atoms with Crippen LogP contribution in [-0.2, 0) is 0 Å². The molecule has 0 aliphatic carbocycles. The molecule has 0 fully saturated rings. The highest BCUT2D eigenvalue weighted by atomic mass is 32.1. The van der Waals surface area contributed by atoms with E-state index in [9.17, 15) is 9.90 Å². The van der Waals surface area contributed by atoms with Crippen LogP contribution < -0.4 is 0 Å². The van der Waals surface area contributed by atoms with Crippen LogP contribution in [0.2, 0.25) is 0 Å². The summed E-state index contributed by atoms with van der Waals surface area (Å²) in [6.07, 6.45) is 0. The molecular weight excluding hydrogens is 304 g/mol. The Hall–Kier alpha value is -2.65. The number of phenols is 1. The lowest BCUT2D eigenvalue weighted by atomic mass is 10.0. The third-order valence-electron chi connectivity index (χ3n) is 4.18. The van der Waals surface area contributed by atoms with Crippen LogP contribution in [0.1, 0.15) is 20.8 Å². The number of hydrogen-bond donors (Lipinski definition) is 1. The van der Waals surface area contributed by atoms with E-state index < -0.39 is 0 Å². The Balaban J connectivity index is 2.00. The number of hydrogen-bond acceptors (Lipinski definition) is 3. The van der Waals surface area contributed by atoms with Crippen LogP contribution in [0.25, 0.3) is 20.9 Å². The number of phenolic OH excluding ortho intramolecular Hbond substituents is 1. The lowest BCUT2D eigenvalue weighted by Gasteiger charge is -2.06. The molecule has 112 valence electrons. The minimum Gasteiger partial charge on any atom is -0.507 e. The lowest BCUT2D eigenvalue weighted by molar-refractivity contribution is 0.104. The summed E-state index contributed by atoms with van der Waals surface area (Å²) in [5.41, 5.74) is 1.51. The van der Waals surface area contributed by atoms with Crippen molar-refractivity contribution in [3.63, 3.8) is 0 Å². The standard InChI is InChI=1S/C20H14O2S/c1-12-16-11-17(19(22)13-7-3-2-4-8-13)23-20(16)15-10-6-5-9-14(15)18(12)21/h2-11,21H,1H3. The summed E-state index contributed by atoms with van der Waals surface area (Å²) in [5.74, 6) is 0.319. The first kappa shape index (κ1) is 14.0. The minimum atomic E-state index is 0.0229. The summed E-state index contributed by atoms with van der Waals surface area (Å²) < 4.78 is 1.05. The number of aryl methyl sites for hydroxylation is 1. The Bertz CT molecular complexity index is 1050. The third-order valence-corrected chi connectivity index (χ3v) is 5.34. The fourth-order valence-corrected chi connectivity index (χ4v) is 4.15. The molecule has 0 spiro atoms. The number of aromatic hydroxyl groups is 1. The maximum Gasteiger partial charge on any atom is 0.202 e. The van der Waals surface area contributed by atoms with Crippen LogP contribution in [0.5, 0.6) is 5.75 Å². The molecule has 0 atom stereocenters.